The Morgan fingerprint density at radius 1 is 1.33 bits per heavy atom. The molecular weight excluding hydrogens is 294 g/mol. The van der Waals surface area contributed by atoms with Crippen molar-refractivity contribution in [3.8, 4) is 0 Å². The zero-order valence-electron chi connectivity index (χ0n) is 10.6. The van der Waals surface area contributed by atoms with Crippen molar-refractivity contribution in [2.24, 2.45) is 5.92 Å². The van der Waals surface area contributed by atoms with Crippen molar-refractivity contribution in [3.63, 3.8) is 0 Å². The molecule has 0 bridgehead atoms. The number of hydrogen-bond donors (Lipinski definition) is 0. The normalized spacial score (nSPS) is 18.6. The number of nitrogens with zero attached hydrogens (tertiary/aromatic N) is 1. The Morgan fingerprint density at radius 3 is 2.56 bits per heavy atom. The molecule has 0 amide bonds. The van der Waals surface area contributed by atoms with Crippen LogP contribution in [0, 0.1) is 5.92 Å². The highest BCUT2D eigenvalue weighted by Gasteiger charge is 2.19. The number of rotatable bonds is 4. The summed E-state index contributed by atoms with van der Waals surface area (Å²) in [7, 11) is 0. The molecule has 0 N–H and O–H groups in total. The molecule has 4 heteroatoms. The summed E-state index contributed by atoms with van der Waals surface area (Å²) in [6, 6.07) is 7.58. The topological polar surface area (TPSA) is 29.5 Å². The number of benzene rings is 1. The van der Waals surface area contributed by atoms with Crippen molar-refractivity contribution in [2.45, 2.75) is 6.92 Å². The van der Waals surface area contributed by atoms with Crippen LogP contribution in [-0.2, 0) is 4.74 Å². The van der Waals surface area contributed by atoms with E-state index in [0.29, 0.717) is 0 Å². The summed E-state index contributed by atoms with van der Waals surface area (Å²) in [5.41, 5.74) is 0.791. The number of Topliss-reactive ketones (excluding diaryl/α,β-unsaturated/α-hetero) is 1. The number of hydrogen-bond acceptors (Lipinski definition) is 3. The molecule has 1 unspecified atom stereocenters. The quantitative estimate of drug-likeness (QED) is 0.801. The molecule has 0 aromatic heterocycles. The van der Waals surface area contributed by atoms with Gasteiger partial charge in [-0.1, -0.05) is 35.0 Å². The Morgan fingerprint density at radius 2 is 1.94 bits per heavy atom. The van der Waals surface area contributed by atoms with E-state index in [0.717, 1.165) is 42.9 Å². The van der Waals surface area contributed by atoms with Crippen LogP contribution in [0.25, 0.3) is 0 Å². The Hall–Kier alpha value is -0.710. The molecule has 98 valence electrons. The minimum absolute atomic E-state index is 0.0317. The summed E-state index contributed by atoms with van der Waals surface area (Å²) in [6.45, 7) is 6.23. The fraction of sp³-hybridized carbons (Fsp3) is 0.500. The molecule has 1 aromatic rings. The van der Waals surface area contributed by atoms with Gasteiger partial charge >= 0.3 is 0 Å². The molecule has 1 heterocycles. The van der Waals surface area contributed by atoms with Gasteiger partial charge < -0.3 is 4.74 Å². The van der Waals surface area contributed by atoms with E-state index in [4.69, 9.17) is 4.74 Å². The van der Waals surface area contributed by atoms with Crippen molar-refractivity contribution < 1.29 is 9.53 Å². The first-order chi connectivity index (χ1) is 8.66. The average molecular weight is 312 g/mol. The van der Waals surface area contributed by atoms with Gasteiger partial charge in [0.15, 0.2) is 5.78 Å². The predicted molar refractivity (Wildman–Crippen MR) is 74.9 cm³/mol. The van der Waals surface area contributed by atoms with Gasteiger partial charge in [-0.25, -0.2) is 0 Å². The van der Waals surface area contributed by atoms with E-state index in [-0.39, 0.29) is 11.7 Å². The Bertz CT molecular complexity index is 399. The fourth-order valence-electron chi connectivity index (χ4n) is 2.15. The second-order valence-electron chi connectivity index (χ2n) is 4.69. The Kier molecular flexibility index (Phi) is 4.92. The van der Waals surface area contributed by atoms with Crippen LogP contribution in [0.2, 0.25) is 0 Å². The van der Waals surface area contributed by atoms with E-state index in [2.05, 4.69) is 20.8 Å². The Balaban J connectivity index is 1.93. The van der Waals surface area contributed by atoms with Crippen LogP contribution < -0.4 is 0 Å². The summed E-state index contributed by atoms with van der Waals surface area (Å²) >= 11 is 3.38. The number of halogens is 1. The highest BCUT2D eigenvalue weighted by atomic mass is 79.9. The van der Waals surface area contributed by atoms with Gasteiger partial charge in [0.2, 0.25) is 0 Å². The molecule has 1 aromatic carbocycles. The summed E-state index contributed by atoms with van der Waals surface area (Å²) in [5.74, 6) is 0.248. The molecule has 18 heavy (non-hydrogen) atoms. The highest BCUT2D eigenvalue weighted by molar-refractivity contribution is 9.10. The number of ether oxygens (including phenoxy) is 1. The third-order valence-corrected chi connectivity index (χ3v) is 3.74. The SMILES string of the molecule is CC(CN1CCOCC1)C(=O)c1ccc(Br)cc1. The molecule has 0 saturated carbocycles. The number of carbonyl (C=O) groups excluding carboxylic acids is 1. The summed E-state index contributed by atoms with van der Waals surface area (Å²) < 4.78 is 6.31. The van der Waals surface area contributed by atoms with Gasteiger partial charge in [-0.15, -0.1) is 0 Å². The lowest BCUT2D eigenvalue weighted by Crippen LogP contribution is -2.40. The lowest BCUT2D eigenvalue weighted by atomic mass is 9.99. The van der Waals surface area contributed by atoms with Crippen LogP contribution in [0.15, 0.2) is 28.7 Å². The van der Waals surface area contributed by atoms with Crippen LogP contribution in [0.3, 0.4) is 0 Å². The van der Waals surface area contributed by atoms with Crippen molar-refractivity contribution in [1.82, 2.24) is 4.90 Å². The predicted octanol–water partition coefficient (Wildman–Crippen LogP) is 2.60. The molecule has 0 radical (unpaired) electrons. The van der Waals surface area contributed by atoms with Crippen LogP contribution in [0.5, 0.6) is 0 Å². The summed E-state index contributed by atoms with van der Waals surface area (Å²) in [6.07, 6.45) is 0. The maximum atomic E-state index is 12.3. The van der Waals surface area contributed by atoms with Crippen LogP contribution in [0.1, 0.15) is 17.3 Å². The van der Waals surface area contributed by atoms with Gasteiger partial charge in [0.05, 0.1) is 13.2 Å². The molecular formula is C14H18BrNO2. The lowest BCUT2D eigenvalue weighted by Gasteiger charge is -2.28. The molecule has 0 spiro atoms. The minimum Gasteiger partial charge on any atom is -0.379 e. The first-order valence-corrected chi connectivity index (χ1v) is 7.06. The van der Waals surface area contributed by atoms with E-state index < -0.39 is 0 Å². The fourth-order valence-corrected chi connectivity index (χ4v) is 2.42. The smallest absolute Gasteiger partial charge is 0.166 e. The Labute approximate surface area is 116 Å². The van der Waals surface area contributed by atoms with Crippen molar-refractivity contribution >= 4 is 21.7 Å². The van der Waals surface area contributed by atoms with Crippen LogP contribution in [-0.4, -0.2) is 43.5 Å². The van der Waals surface area contributed by atoms with E-state index in [1.807, 2.05) is 31.2 Å². The van der Waals surface area contributed by atoms with Crippen molar-refractivity contribution in [2.75, 3.05) is 32.8 Å². The largest absolute Gasteiger partial charge is 0.379 e. The second-order valence-corrected chi connectivity index (χ2v) is 5.60. The molecule has 1 saturated heterocycles. The molecule has 3 nitrogen and oxygen atoms in total. The molecule has 1 aliphatic heterocycles. The maximum absolute atomic E-state index is 12.3. The molecule has 2 rings (SSSR count). The van der Waals surface area contributed by atoms with E-state index >= 15 is 0 Å². The summed E-state index contributed by atoms with van der Waals surface area (Å²) in [5, 5.41) is 0. The van der Waals surface area contributed by atoms with Gasteiger partial charge in [-0.05, 0) is 12.1 Å². The van der Waals surface area contributed by atoms with Crippen molar-refractivity contribution in [1.29, 1.82) is 0 Å². The van der Waals surface area contributed by atoms with Gasteiger partial charge in [-0.2, -0.15) is 0 Å². The number of carbonyl (C=O) groups is 1. The minimum atomic E-state index is 0.0317. The third-order valence-electron chi connectivity index (χ3n) is 3.21. The van der Waals surface area contributed by atoms with E-state index in [1.165, 1.54) is 0 Å². The zero-order valence-corrected chi connectivity index (χ0v) is 12.1. The average Bonchev–Trinajstić information content (AvgIpc) is 2.40. The van der Waals surface area contributed by atoms with Gasteiger partial charge in [0.1, 0.15) is 0 Å². The van der Waals surface area contributed by atoms with Gasteiger partial charge in [-0.3, -0.25) is 9.69 Å². The summed E-state index contributed by atoms with van der Waals surface area (Å²) in [4.78, 5) is 14.6. The second kappa shape index (κ2) is 6.45. The monoisotopic (exact) mass is 311 g/mol. The van der Waals surface area contributed by atoms with E-state index in [1.54, 1.807) is 0 Å². The van der Waals surface area contributed by atoms with Gasteiger partial charge in [0.25, 0.3) is 0 Å². The molecule has 0 aliphatic carbocycles. The lowest BCUT2D eigenvalue weighted by molar-refractivity contribution is 0.0313. The standard InChI is InChI=1S/C14H18BrNO2/c1-11(10-16-6-8-18-9-7-16)14(17)12-2-4-13(15)5-3-12/h2-5,11H,6-10H2,1H3. The highest BCUT2D eigenvalue weighted by Crippen LogP contribution is 2.15. The third kappa shape index (κ3) is 3.64. The maximum Gasteiger partial charge on any atom is 0.166 e. The van der Waals surface area contributed by atoms with Crippen molar-refractivity contribution in [3.05, 3.63) is 34.3 Å². The molecule has 1 fully saturated rings. The first-order valence-electron chi connectivity index (χ1n) is 6.26. The van der Waals surface area contributed by atoms with Gasteiger partial charge in [0, 0.05) is 35.6 Å². The van der Waals surface area contributed by atoms with Crippen LogP contribution in [0.4, 0.5) is 0 Å². The molecule has 1 atom stereocenters. The first kappa shape index (κ1) is 13.7. The zero-order chi connectivity index (χ0) is 13.0. The number of morpholine rings is 1. The van der Waals surface area contributed by atoms with Crippen LogP contribution >= 0.6 is 15.9 Å². The molecule has 1 aliphatic rings. The number of ketones is 1. The van der Waals surface area contributed by atoms with E-state index in [9.17, 15) is 4.79 Å².